The van der Waals surface area contributed by atoms with Crippen LogP contribution in [0.1, 0.15) is 5.56 Å². The molecule has 0 fully saturated rings. The van der Waals surface area contributed by atoms with Crippen LogP contribution in [0.15, 0.2) is 85.2 Å². The molecule has 2 heterocycles. The number of hydrogen-bond acceptors (Lipinski definition) is 6. The fraction of sp³-hybridized carbons (Fsp3) is 0.115. The third-order valence-electron chi connectivity index (χ3n) is 5.44. The molecule has 164 valence electrons. The van der Waals surface area contributed by atoms with Crippen molar-refractivity contribution in [1.29, 1.82) is 0 Å². The monoisotopic (exact) mass is 436 g/mol. The molecular formula is C26H24N6O. The highest BCUT2D eigenvalue weighted by Crippen LogP contribution is 2.27. The Morgan fingerprint density at radius 3 is 2.52 bits per heavy atom. The van der Waals surface area contributed by atoms with Crippen molar-refractivity contribution in [2.45, 2.75) is 6.42 Å². The van der Waals surface area contributed by atoms with Crippen LogP contribution >= 0.6 is 0 Å². The third-order valence-corrected chi connectivity index (χ3v) is 5.44. The largest absolute Gasteiger partial charge is 0.497 e. The van der Waals surface area contributed by atoms with Crippen molar-refractivity contribution >= 4 is 22.7 Å². The number of rotatable bonds is 7. The summed E-state index contributed by atoms with van der Waals surface area (Å²) in [6.07, 6.45) is 2.62. The molecule has 0 aliphatic rings. The van der Waals surface area contributed by atoms with Gasteiger partial charge in [0.15, 0.2) is 22.8 Å². The first-order valence-electron chi connectivity index (χ1n) is 10.7. The van der Waals surface area contributed by atoms with Gasteiger partial charge in [-0.2, -0.15) is 0 Å². The molecule has 33 heavy (non-hydrogen) atoms. The van der Waals surface area contributed by atoms with E-state index < -0.39 is 0 Å². The highest BCUT2D eigenvalue weighted by atomic mass is 16.5. The lowest BCUT2D eigenvalue weighted by Crippen LogP contribution is -2.08. The molecule has 0 aliphatic heterocycles. The van der Waals surface area contributed by atoms with E-state index in [4.69, 9.17) is 20.4 Å². The summed E-state index contributed by atoms with van der Waals surface area (Å²) >= 11 is 0. The van der Waals surface area contributed by atoms with E-state index in [9.17, 15) is 0 Å². The van der Waals surface area contributed by atoms with Gasteiger partial charge >= 0.3 is 0 Å². The first kappa shape index (κ1) is 20.5. The zero-order chi connectivity index (χ0) is 22.6. The first-order chi connectivity index (χ1) is 16.2. The Bertz CT molecular complexity index is 1380. The van der Waals surface area contributed by atoms with Crippen molar-refractivity contribution in [3.8, 4) is 22.8 Å². The quantitative estimate of drug-likeness (QED) is 0.359. The Morgan fingerprint density at radius 2 is 1.76 bits per heavy atom. The van der Waals surface area contributed by atoms with Crippen LogP contribution in [0.5, 0.6) is 5.75 Å². The number of hydrogen-bond donors (Lipinski definition) is 2. The molecule has 0 saturated heterocycles. The molecule has 2 aromatic heterocycles. The molecule has 5 aromatic rings. The molecule has 7 nitrogen and oxygen atoms in total. The predicted molar refractivity (Wildman–Crippen MR) is 132 cm³/mol. The summed E-state index contributed by atoms with van der Waals surface area (Å²) in [5.41, 5.74) is 11.2. The normalized spacial score (nSPS) is 10.9. The first-order valence-corrected chi connectivity index (χ1v) is 10.7. The number of nitrogen functional groups attached to an aromatic ring is 1. The summed E-state index contributed by atoms with van der Waals surface area (Å²) in [5.74, 6) is 2.14. The molecule has 0 atom stereocenters. The van der Waals surface area contributed by atoms with Crippen LogP contribution < -0.4 is 15.8 Å². The fourth-order valence-corrected chi connectivity index (χ4v) is 3.73. The van der Waals surface area contributed by atoms with E-state index in [-0.39, 0.29) is 0 Å². The lowest BCUT2D eigenvalue weighted by Gasteiger charge is -2.10. The average molecular weight is 437 g/mol. The minimum atomic E-state index is 0.597. The van der Waals surface area contributed by atoms with Crippen molar-refractivity contribution in [3.63, 3.8) is 0 Å². The van der Waals surface area contributed by atoms with Gasteiger partial charge in [0.1, 0.15) is 12.1 Å². The number of methoxy groups -OCH3 is 1. The summed E-state index contributed by atoms with van der Waals surface area (Å²) in [5, 5.41) is 3.46. The van der Waals surface area contributed by atoms with Crippen molar-refractivity contribution < 1.29 is 4.74 Å². The van der Waals surface area contributed by atoms with Crippen LogP contribution in [0.25, 0.3) is 28.2 Å². The van der Waals surface area contributed by atoms with Gasteiger partial charge in [-0.25, -0.2) is 15.0 Å². The number of para-hydroxylation sites is 1. The van der Waals surface area contributed by atoms with Gasteiger partial charge in [-0.05, 0) is 48.4 Å². The van der Waals surface area contributed by atoms with Gasteiger partial charge in [-0.15, -0.1) is 0 Å². The zero-order valence-corrected chi connectivity index (χ0v) is 18.3. The maximum Gasteiger partial charge on any atom is 0.170 e. The van der Waals surface area contributed by atoms with Crippen molar-refractivity contribution in [2.75, 3.05) is 24.7 Å². The summed E-state index contributed by atoms with van der Waals surface area (Å²) in [6, 6.07) is 25.7. The molecule has 3 N–H and O–H groups in total. The van der Waals surface area contributed by atoms with Crippen LogP contribution in [0.4, 0.5) is 11.5 Å². The van der Waals surface area contributed by atoms with Crippen LogP contribution in [0.2, 0.25) is 0 Å². The number of nitrogens with one attached hydrogen (secondary N) is 1. The number of fused-ring (bicyclic) bond motifs is 1. The Hall–Kier alpha value is -4.39. The van der Waals surface area contributed by atoms with E-state index in [1.807, 2.05) is 71.3 Å². The summed E-state index contributed by atoms with van der Waals surface area (Å²) in [7, 11) is 1.67. The second kappa shape index (κ2) is 9.00. The van der Waals surface area contributed by atoms with E-state index >= 15 is 0 Å². The van der Waals surface area contributed by atoms with Crippen molar-refractivity contribution in [3.05, 3.63) is 90.8 Å². The van der Waals surface area contributed by atoms with E-state index in [0.29, 0.717) is 23.9 Å². The average Bonchev–Trinajstić information content (AvgIpc) is 3.29. The van der Waals surface area contributed by atoms with Gasteiger partial charge < -0.3 is 15.8 Å². The van der Waals surface area contributed by atoms with Crippen molar-refractivity contribution in [2.24, 2.45) is 0 Å². The molecule has 0 aliphatic carbocycles. The lowest BCUT2D eigenvalue weighted by atomic mass is 10.1. The molecule has 0 spiro atoms. The Balaban J connectivity index is 1.51. The lowest BCUT2D eigenvalue weighted by molar-refractivity contribution is 0.414. The Labute approximate surface area is 191 Å². The molecule has 0 radical (unpaired) electrons. The SMILES string of the molecule is COc1ccc(CCNc2nc(-c3cccc(N)c3)nc3c2ncn3-c2ccccc2)cc1. The van der Waals surface area contributed by atoms with E-state index in [0.717, 1.165) is 34.6 Å². The van der Waals surface area contributed by atoms with Gasteiger partial charge in [0.2, 0.25) is 0 Å². The summed E-state index contributed by atoms with van der Waals surface area (Å²) in [6.45, 7) is 0.701. The number of anilines is 2. The molecular weight excluding hydrogens is 412 g/mol. The third kappa shape index (κ3) is 4.34. The Kier molecular flexibility index (Phi) is 5.59. The van der Waals surface area contributed by atoms with Gasteiger partial charge in [-0.3, -0.25) is 4.57 Å². The number of benzene rings is 3. The van der Waals surface area contributed by atoms with E-state index in [2.05, 4.69) is 22.4 Å². The molecule has 0 bridgehead atoms. The van der Waals surface area contributed by atoms with Gasteiger partial charge in [0.25, 0.3) is 0 Å². The number of nitrogens with two attached hydrogens (primary N) is 1. The fourth-order valence-electron chi connectivity index (χ4n) is 3.73. The van der Waals surface area contributed by atoms with Crippen LogP contribution in [-0.2, 0) is 6.42 Å². The smallest absolute Gasteiger partial charge is 0.170 e. The van der Waals surface area contributed by atoms with Crippen molar-refractivity contribution in [1.82, 2.24) is 19.5 Å². The minimum Gasteiger partial charge on any atom is -0.497 e. The highest BCUT2D eigenvalue weighted by Gasteiger charge is 2.15. The maximum atomic E-state index is 6.02. The highest BCUT2D eigenvalue weighted by molar-refractivity contribution is 5.86. The molecule has 0 saturated carbocycles. The van der Waals surface area contributed by atoms with Gasteiger partial charge in [0, 0.05) is 23.5 Å². The second-order valence-corrected chi connectivity index (χ2v) is 7.67. The van der Waals surface area contributed by atoms with Crippen LogP contribution in [0.3, 0.4) is 0 Å². The topological polar surface area (TPSA) is 90.9 Å². The summed E-state index contributed by atoms with van der Waals surface area (Å²) in [4.78, 5) is 14.3. The molecule has 0 unspecified atom stereocenters. The molecule has 7 heteroatoms. The van der Waals surface area contributed by atoms with E-state index in [1.165, 1.54) is 5.56 Å². The van der Waals surface area contributed by atoms with E-state index in [1.54, 1.807) is 13.4 Å². The number of aromatic nitrogens is 4. The second-order valence-electron chi connectivity index (χ2n) is 7.67. The number of imidazole rings is 1. The molecule has 3 aromatic carbocycles. The summed E-state index contributed by atoms with van der Waals surface area (Å²) < 4.78 is 7.22. The molecule has 5 rings (SSSR count). The predicted octanol–water partition coefficient (Wildman–Crippen LogP) is 4.73. The Morgan fingerprint density at radius 1 is 0.939 bits per heavy atom. The minimum absolute atomic E-state index is 0.597. The maximum absolute atomic E-state index is 6.02. The van der Waals surface area contributed by atoms with Crippen LogP contribution in [0, 0.1) is 0 Å². The van der Waals surface area contributed by atoms with Gasteiger partial charge in [0.05, 0.1) is 7.11 Å². The number of ether oxygens (including phenoxy) is 1. The standard InChI is InChI=1S/C26H24N6O/c1-33-22-12-10-18(11-13-22)14-15-28-25-23-26(32(17-29-23)21-8-3-2-4-9-21)31-24(30-25)19-6-5-7-20(27)16-19/h2-13,16-17H,14-15,27H2,1H3,(H,28,30,31). The van der Waals surface area contributed by atoms with Gasteiger partial charge in [-0.1, -0.05) is 42.5 Å². The number of nitrogens with zero attached hydrogens (tertiary/aromatic N) is 4. The van der Waals surface area contributed by atoms with Crippen LogP contribution in [-0.4, -0.2) is 33.2 Å². The zero-order valence-electron chi connectivity index (χ0n) is 18.3. The molecule has 0 amide bonds.